The van der Waals surface area contributed by atoms with E-state index in [0.29, 0.717) is 6.42 Å². The van der Waals surface area contributed by atoms with E-state index >= 15 is 0 Å². The Morgan fingerprint density at radius 1 is 1.00 bits per heavy atom. The van der Waals surface area contributed by atoms with Crippen molar-refractivity contribution in [3.8, 4) is 0 Å². The number of ether oxygens (including phenoxy) is 1. The summed E-state index contributed by atoms with van der Waals surface area (Å²) in [6, 6.07) is 0. The first kappa shape index (κ1) is 41.8. The molecule has 0 aliphatic carbocycles. The molecule has 0 bridgehead atoms. The number of rotatable bonds is 6. The lowest BCUT2D eigenvalue weighted by Gasteiger charge is -2.46. The second kappa shape index (κ2) is 16.1. The second-order valence-corrected chi connectivity index (χ2v) is 28.1. The summed E-state index contributed by atoms with van der Waals surface area (Å²) in [5.41, 5.74) is 0.873. The van der Waals surface area contributed by atoms with E-state index in [9.17, 15) is 9.59 Å². The molecule has 1 aliphatic rings. The lowest BCUT2D eigenvalue weighted by Crippen LogP contribution is -2.54. The lowest BCUT2D eigenvalue weighted by atomic mass is 9.73. The van der Waals surface area contributed by atoms with Crippen molar-refractivity contribution in [2.24, 2.45) is 17.3 Å². The van der Waals surface area contributed by atoms with E-state index in [0.717, 1.165) is 35.5 Å². The van der Waals surface area contributed by atoms with Crippen molar-refractivity contribution in [3.63, 3.8) is 0 Å². The van der Waals surface area contributed by atoms with Gasteiger partial charge in [0.25, 0.3) is 0 Å². The molecule has 2 heterocycles. The van der Waals surface area contributed by atoms with Gasteiger partial charge in [0.15, 0.2) is 16.6 Å². The highest BCUT2D eigenvalue weighted by molar-refractivity contribution is 7.09. The number of nitrogens with zero attached hydrogens (tertiary/aromatic N) is 1. The van der Waals surface area contributed by atoms with E-state index in [1.165, 1.54) is 0 Å². The Labute approximate surface area is 293 Å². The van der Waals surface area contributed by atoms with Crippen LogP contribution in [0.2, 0.25) is 36.3 Å². The summed E-state index contributed by atoms with van der Waals surface area (Å²) in [6.07, 6.45) is 8.53. The summed E-state index contributed by atoms with van der Waals surface area (Å²) in [4.78, 5) is 33.3. The molecule has 268 valence electrons. The Bertz CT molecular complexity index is 1270. The van der Waals surface area contributed by atoms with Crippen molar-refractivity contribution in [2.75, 3.05) is 0 Å². The summed E-state index contributed by atoms with van der Waals surface area (Å²) >= 11 is 1.60. The first-order valence-corrected chi connectivity index (χ1v) is 24.3. The molecule has 0 aromatic carbocycles. The summed E-state index contributed by atoms with van der Waals surface area (Å²) in [7, 11) is -4.57. The minimum Gasteiger partial charge on any atom is -0.457 e. The fraction of sp³-hybridized carbons (Fsp3) is 0.763. The molecule has 0 radical (unpaired) electrons. The summed E-state index contributed by atoms with van der Waals surface area (Å²) in [6.45, 7) is 34.4. The fourth-order valence-electron chi connectivity index (χ4n) is 5.62. The number of carbonyl (C=O) groups excluding carboxylic acids is 2. The lowest BCUT2D eigenvalue weighted by molar-refractivity contribution is -0.153. The number of esters is 1. The molecule has 0 N–H and O–H groups in total. The van der Waals surface area contributed by atoms with Crippen LogP contribution in [0.4, 0.5) is 0 Å². The molecule has 0 fully saturated rings. The highest BCUT2D eigenvalue weighted by Crippen LogP contribution is 2.44. The monoisotopic (exact) mass is 705 g/mol. The number of allylic oxidation sites excluding steroid dienone is 1. The molecule has 1 aromatic heterocycles. The number of cyclic esters (lactones) is 1. The number of aromatic nitrogens is 1. The first-order chi connectivity index (χ1) is 21.3. The number of hydrogen-bond donors (Lipinski definition) is 0. The predicted molar refractivity (Wildman–Crippen MR) is 204 cm³/mol. The number of Topliss-reactive ketones (excluding diaryl/α,β-unsaturated/α-hetero) is 1. The van der Waals surface area contributed by atoms with E-state index in [1.807, 2.05) is 46.1 Å². The van der Waals surface area contributed by atoms with Gasteiger partial charge in [0, 0.05) is 23.1 Å². The molecule has 2 rings (SSSR count). The highest BCUT2D eigenvalue weighted by Gasteiger charge is 2.50. The third-order valence-electron chi connectivity index (χ3n) is 11.1. The maximum Gasteiger partial charge on any atom is 0.309 e. The van der Waals surface area contributed by atoms with Gasteiger partial charge in [-0.2, -0.15) is 0 Å². The van der Waals surface area contributed by atoms with E-state index in [2.05, 4.69) is 91.8 Å². The average Bonchev–Trinajstić information content (AvgIpc) is 3.33. The number of thiazole rings is 1. The van der Waals surface area contributed by atoms with Crippen LogP contribution >= 0.6 is 11.3 Å². The normalized spacial score (nSPS) is 26.7. The van der Waals surface area contributed by atoms with Gasteiger partial charge in [-0.1, -0.05) is 81.4 Å². The Morgan fingerprint density at radius 3 is 2.11 bits per heavy atom. The zero-order valence-electron chi connectivity index (χ0n) is 32.6. The van der Waals surface area contributed by atoms with Gasteiger partial charge in [-0.05, 0) is 86.9 Å². The van der Waals surface area contributed by atoms with Crippen LogP contribution in [-0.4, -0.2) is 51.7 Å². The topological polar surface area (TPSA) is 74.7 Å². The number of aryl methyl sites for hydroxylation is 1. The molecule has 0 amide bonds. The zero-order chi connectivity index (χ0) is 36.2. The van der Waals surface area contributed by atoms with Crippen LogP contribution in [0.25, 0.3) is 6.08 Å². The average molecular weight is 706 g/mol. The van der Waals surface area contributed by atoms with E-state index in [1.54, 1.807) is 11.3 Å². The summed E-state index contributed by atoms with van der Waals surface area (Å²) in [5.74, 6) is -0.427. The van der Waals surface area contributed by atoms with Crippen LogP contribution in [0, 0.1) is 24.2 Å². The molecule has 0 unspecified atom stereocenters. The van der Waals surface area contributed by atoms with Crippen LogP contribution < -0.4 is 0 Å². The highest BCUT2D eigenvalue weighted by atomic mass is 32.1. The maximum absolute atomic E-state index is 14.8. The number of ketones is 1. The van der Waals surface area contributed by atoms with E-state index in [4.69, 9.17) is 13.6 Å². The van der Waals surface area contributed by atoms with Crippen molar-refractivity contribution >= 4 is 45.8 Å². The molecule has 1 aliphatic heterocycles. The molecule has 0 saturated carbocycles. The SMILES string of the molecule is C/C(=C\c1csc(C)n1)[C@@H]1CC=CCCC[C@H](C)[C@H](O[Si](C)(C)C(C)(C)C)[C@@H](C)C(=O)C(C)(C)[C@@H](O[Si](C)(C)C(C)(C)C)CC(=O)O1. The standard InChI is InChI=1S/C38H67NO5SSi2/c1-26-21-19-17-18-20-22-31(27(2)23-30-25-45-29(4)39-30)42-33(40)24-32(43-46(13,14)36(5,6)7)38(11,12)35(41)28(3)34(26)44-47(15,16)37(8,9)10/h18,20,23,25-26,28,31-32,34H,17,19,21-22,24H2,1-16H3/b20-18?,27-23+/t26-,28+,31-,32-,34-/m0/s1. The molecular formula is C38H67NO5SSi2. The van der Waals surface area contributed by atoms with E-state index in [-0.39, 0.29) is 46.2 Å². The van der Waals surface area contributed by atoms with Gasteiger partial charge < -0.3 is 13.6 Å². The quantitative estimate of drug-likeness (QED) is 0.167. The van der Waals surface area contributed by atoms with Gasteiger partial charge in [-0.25, -0.2) is 4.98 Å². The molecule has 6 nitrogen and oxygen atoms in total. The van der Waals surface area contributed by atoms with Crippen molar-refractivity contribution in [1.29, 1.82) is 0 Å². The van der Waals surface area contributed by atoms with Gasteiger partial charge in [0.05, 0.1) is 29.3 Å². The minimum absolute atomic E-state index is 0.00455. The Balaban J connectivity index is 2.62. The molecule has 5 atom stereocenters. The number of hydrogen-bond acceptors (Lipinski definition) is 7. The minimum atomic E-state index is -2.38. The molecule has 0 saturated heterocycles. The zero-order valence-corrected chi connectivity index (χ0v) is 35.4. The Kier molecular flexibility index (Phi) is 14.3. The van der Waals surface area contributed by atoms with Gasteiger partial charge in [0.2, 0.25) is 0 Å². The van der Waals surface area contributed by atoms with Crippen LogP contribution in [0.15, 0.2) is 23.1 Å². The summed E-state index contributed by atoms with van der Waals surface area (Å²) in [5, 5.41) is 2.94. The van der Waals surface area contributed by atoms with Crippen LogP contribution in [0.1, 0.15) is 119 Å². The molecular weight excluding hydrogens is 639 g/mol. The molecule has 9 heteroatoms. The smallest absolute Gasteiger partial charge is 0.309 e. The maximum atomic E-state index is 14.8. The summed E-state index contributed by atoms with van der Waals surface area (Å²) < 4.78 is 20.4. The Morgan fingerprint density at radius 2 is 1.57 bits per heavy atom. The van der Waals surface area contributed by atoms with Gasteiger partial charge in [0.1, 0.15) is 11.9 Å². The van der Waals surface area contributed by atoms with Crippen LogP contribution in [0.3, 0.4) is 0 Å². The van der Waals surface area contributed by atoms with Gasteiger partial charge >= 0.3 is 5.97 Å². The number of carbonyl (C=O) groups is 2. The second-order valence-electron chi connectivity index (χ2n) is 17.6. The first-order valence-electron chi connectivity index (χ1n) is 17.6. The third kappa shape index (κ3) is 11.3. The van der Waals surface area contributed by atoms with Crippen molar-refractivity contribution in [3.05, 3.63) is 33.8 Å². The van der Waals surface area contributed by atoms with E-state index < -0.39 is 34.3 Å². The largest absolute Gasteiger partial charge is 0.457 e. The fourth-order valence-corrected chi connectivity index (χ4v) is 9.10. The molecule has 47 heavy (non-hydrogen) atoms. The van der Waals surface area contributed by atoms with Crippen LogP contribution in [0.5, 0.6) is 0 Å². The Hall–Kier alpha value is -1.40. The van der Waals surface area contributed by atoms with Crippen molar-refractivity contribution in [2.45, 2.75) is 170 Å². The van der Waals surface area contributed by atoms with Crippen LogP contribution in [-0.2, 0) is 23.2 Å². The van der Waals surface area contributed by atoms with Crippen molar-refractivity contribution < 1.29 is 23.2 Å². The van der Waals surface area contributed by atoms with Gasteiger partial charge in [-0.3, -0.25) is 9.59 Å². The predicted octanol–water partition coefficient (Wildman–Crippen LogP) is 10.9. The molecule has 1 aromatic rings. The van der Waals surface area contributed by atoms with Gasteiger partial charge in [-0.15, -0.1) is 11.3 Å². The molecule has 0 spiro atoms. The van der Waals surface area contributed by atoms with Crippen molar-refractivity contribution in [1.82, 2.24) is 4.98 Å². The third-order valence-corrected chi connectivity index (χ3v) is 20.8.